The first-order valence-electron chi connectivity index (χ1n) is 9.77. The van der Waals surface area contributed by atoms with Crippen LogP contribution < -0.4 is 15.1 Å². The molecular weight excluding hydrogens is 317 g/mol. The largest absolute Gasteiger partial charge is 0.358 e. The summed E-state index contributed by atoms with van der Waals surface area (Å²) in [6, 6.07) is 6.90. The number of quaternary nitrogens is 1. The molecule has 1 aromatic rings. The van der Waals surface area contributed by atoms with E-state index in [1.54, 1.807) is 6.07 Å². The Morgan fingerprint density at radius 3 is 2.60 bits per heavy atom. The molecule has 1 heterocycles. The first-order valence-corrected chi connectivity index (χ1v) is 9.77. The zero-order chi connectivity index (χ0) is 17.6. The molecule has 3 rings (SSSR count). The normalized spacial score (nSPS) is 21.1. The van der Waals surface area contributed by atoms with Crippen LogP contribution in [0, 0.1) is 11.7 Å². The van der Waals surface area contributed by atoms with E-state index in [0.29, 0.717) is 11.6 Å². The lowest BCUT2D eigenvalue weighted by molar-refractivity contribution is -0.914. The summed E-state index contributed by atoms with van der Waals surface area (Å²) in [5.74, 6) is 0.668. The van der Waals surface area contributed by atoms with Crippen LogP contribution in [0.25, 0.3) is 0 Å². The van der Waals surface area contributed by atoms with Gasteiger partial charge in [0.05, 0.1) is 31.9 Å². The van der Waals surface area contributed by atoms with Crippen molar-refractivity contribution in [1.29, 1.82) is 0 Å². The lowest BCUT2D eigenvalue weighted by Gasteiger charge is -2.36. The molecule has 0 bridgehead atoms. The van der Waals surface area contributed by atoms with E-state index in [4.69, 9.17) is 0 Å². The third-order valence-corrected chi connectivity index (χ3v) is 5.89. The van der Waals surface area contributed by atoms with Gasteiger partial charge in [-0.25, -0.2) is 4.39 Å². The first-order chi connectivity index (χ1) is 12.1. The van der Waals surface area contributed by atoms with E-state index in [9.17, 15) is 9.18 Å². The lowest BCUT2D eigenvalue weighted by Crippen LogP contribution is -3.19. The molecule has 1 atom stereocenters. The van der Waals surface area contributed by atoms with Crippen LogP contribution in [-0.4, -0.2) is 44.7 Å². The molecule has 0 aromatic heterocycles. The van der Waals surface area contributed by atoms with Gasteiger partial charge < -0.3 is 15.1 Å². The minimum absolute atomic E-state index is 0.0358. The molecule has 1 aliphatic heterocycles. The maximum absolute atomic E-state index is 13.9. The van der Waals surface area contributed by atoms with E-state index in [-0.39, 0.29) is 17.8 Å². The summed E-state index contributed by atoms with van der Waals surface area (Å²) >= 11 is 0. The van der Waals surface area contributed by atoms with E-state index in [1.165, 1.54) is 43.1 Å². The molecule has 2 fully saturated rings. The number of halogens is 1. The summed E-state index contributed by atoms with van der Waals surface area (Å²) < 4.78 is 13.9. The van der Waals surface area contributed by atoms with Crippen LogP contribution >= 0.6 is 0 Å². The zero-order valence-electron chi connectivity index (χ0n) is 15.3. The van der Waals surface area contributed by atoms with E-state index in [2.05, 4.69) is 10.2 Å². The number of amides is 1. The lowest BCUT2D eigenvalue weighted by atomic mass is 9.89. The van der Waals surface area contributed by atoms with E-state index in [0.717, 1.165) is 32.7 Å². The molecule has 1 saturated heterocycles. The number of piperazine rings is 1. The van der Waals surface area contributed by atoms with Crippen molar-refractivity contribution in [2.75, 3.05) is 37.6 Å². The molecule has 1 saturated carbocycles. The Balaban J connectivity index is 1.45. The number of benzene rings is 1. The maximum atomic E-state index is 13.9. The monoisotopic (exact) mass is 348 g/mol. The highest BCUT2D eigenvalue weighted by atomic mass is 19.1. The Morgan fingerprint density at radius 1 is 1.24 bits per heavy atom. The molecule has 0 radical (unpaired) electrons. The van der Waals surface area contributed by atoms with Crippen LogP contribution in [0.4, 0.5) is 10.1 Å². The first kappa shape index (κ1) is 18.2. The topological polar surface area (TPSA) is 36.8 Å². The number of hydrogen-bond donors (Lipinski definition) is 2. The van der Waals surface area contributed by atoms with Crippen molar-refractivity contribution in [3.63, 3.8) is 0 Å². The summed E-state index contributed by atoms with van der Waals surface area (Å²) in [6.45, 7) is 6.16. The van der Waals surface area contributed by atoms with Crippen LogP contribution in [0.15, 0.2) is 24.3 Å². The van der Waals surface area contributed by atoms with Crippen LogP contribution in [0.2, 0.25) is 0 Å². The highest BCUT2D eigenvalue weighted by Crippen LogP contribution is 2.22. The van der Waals surface area contributed by atoms with Crippen LogP contribution in [0.1, 0.15) is 39.0 Å². The molecular formula is C20H31FN3O+. The quantitative estimate of drug-likeness (QED) is 0.848. The van der Waals surface area contributed by atoms with Gasteiger partial charge >= 0.3 is 0 Å². The smallest absolute Gasteiger partial charge is 0.278 e. The minimum atomic E-state index is -0.163. The second kappa shape index (κ2) is 8.65. The molecule has 0 spiro atoms. The summed E-state index contributed by atoms with van der Waals surface area (Å²) in [5, 5.41) is 3.17. The van der Waals surface area contributed by atoms with Gasteiger partial charge in [0, 0.05) is 6.54 Å². The third kappa shape index (κ3) is 4.72. The average Bonchev–Trinajstić information content (AvgIpc) is 2.67. The molecule has 25 heavy (non-hydrogen) atoms. The molecule has 1 amide bonds. The predicted octanol–water partition coefficient (Wildman–Crippen LogP) is 1.62. The van der Waals surface area contributed by atoms with Gasteiger partial charge in [0.15, 0.2) is 6.04 Å². The van der Waals surface area contributed by atoms with E-state index >= 15 is 0 Å². The fraction of sp³-hybridized carbons (Fsp3) is 0.650. The van der Waals surface area contributed by atoms with Gasteiger partial charge in [0.1, 0.15) is 5.82 Å². The van der Waals surface area contributed by atoms with Gasteiger partial charge in [-0.15, -0.1) is 0 Å². The van der Waals surface area contributed by atoms with Crippen molar-refractivity contribution in [3.8, 4) is 0 Å². The van der Waals surface area contributed by atoms with Crippen LogP contribution in [0.3, 0.4) is 0 Å². The Bertz CT molecular complexity index is 566. The van der Waals surface area contributed by atoms with E-state index < -0.39 is 0 Å². The van der Waals surface area contributed by atoms with Gasteiger partial charge in [-0.1, -0.05) is 31.4 Å². The molecule has 138 valence electrons. The van der Waals surface area contributed by atoms with Crippen molar-refractivity contribution in [3.05, 3.63) is 30.1 Å². The van der Waals surface area contributed by atoms with Gasteiger partial charge in [-0.2, -0.15) is 0 Å². The van der Waals surface area contributed by atoms with Gasteiger partial charge in [-0.05, 0) is 37.8 Å². The number of rotatable bonds is 5. The van der Waals surface area contributed by atoms with Crippen molar-refractivity contribution in [2.45, 2.75) is 45.1 Å². The number of hydrogen-bond acceptors (Lipinski definition) is 2. The van der Waals surface area contributed by atoms with Crippen LogP contribution in [0.5, 0.6) is 0 Å². The molecule has 1 aromatic carbocycles. The third-order valence-electron chi connectivity index (χ3n) is 5.89. The van der Waals surface area contributed by atoms with Crippen molar-refractivity contribution < 1.29 is 14.1 Å². The number of anilines is 1. The average molecular weight is 348 g/mol. The standard InChI is InChI=1S/C20H30FN3O/c1-16(20(25)22-15-17-7-3-2-4-8-17)23-11-13-24(14-12-23)19-10-6-5-9-18(19)21/h5-6,9-10,16-17H,2-4,7-8,11-15H2,1H3,(H,22,25)/p+1/t16-/m1/s1. The SMILES string of the molecule is C[C@H](C(=O)NCC1CCCCC1)[NH+]1CCN(c2ccccc2F)CC1. The number of nitrogens with zero attached hydrogens (tertiary/aromatic N) is 1. The fourth-order valence-electron chi connectivity index (χ4n) is 4.15. The Morgan fingerprint density at radius 2 is 1.92 bits per heavy atom. The zero-order valence-corrected chi connectivity index (χ0v) is 15.3. The number of carbonyl (C=O) groups excluding carboxylic acids is 1. The van der Waals surface area contributed by atoms with Crippen molar-refractivity contribution in [1.82, 2.24) is 5.32 Å². The molecule has 4 nitrogen and oxygen atoms in total. The van der Waals surface area contributed by atoms with Crippen molar-refractivity contribution in [2.24, 2.45) is 5.92 Å². The fourth-order valence-corrected chi connectivity index (χ4v) is 4.15. The highest BCUT2D eigenvalue weighted by Gasteiger charge is 2.30. The number of carbonyl (C=O) groups is 1. The molecule has 1 aliphatic carbocycles. The second-order valence-electron chi connectivity index (χ2n) is 7.57. The predicted molar refractivity (Wildman–Crippen MR) is 98.4 cm³/mol. The van der Waals surface area contributed by atoms with Crippen LogP contribution in [-0.2, 0) is 4.79 Å². The Hall–Kier alpha value is -1.62. The Labute approximate surface area is 150 Å². The maximum Gasteiger partial charge on any atom is 0.278 e. The molecule has 0 unspecified atom stereocenters. The number of nitrogens with one attached hydrogen (secondary N) is 2. The van der Waals surface area contributed by atoms with E-state index in [1.807, 2.05) is 19.1 Å². The van der Waals surface area contributed by atoms with Gasteiger partial charge in [-0.3, -0.25) is 4.79 Å². The second-order valence-corrected chi connectivity index (χ2v) is 7.57. The highest BCUT2D eigenvalue weighted by molar-refractivity contribution is 5.79. The molecule has 2 aliphatic rings. The Kier molecular flexibility index (Phi) is 6.29. The minimum Gasteiger partial charge on any atom is -0.358 e. The molecule has 2 N–H and O–H groups in total. The summed E-state index contributed by atoms with van der Waals surface area (Å²) in [4.78, 5) is 15.9. The van der Waals surface area contributed by atoms with Gasteiger partial charge in [0.25, 0.3) is 5.91 Å². The van der Waals surface area contributed by atoms with Gasteiger partial charge in [0.2, 0.25) is 0 Å². The number of para-hydroxylation sites is 1. The molecule has 5 heteroatoms. The summed E-state index contributed by atoms with van der Waals surface area (Å²) in [6.07, 6.45) is 6.46. The summed E-state index contributed by atoms with van der Waals surface area (Å²) in [7, 11) is 0. The summed E-state index contributed by atoms with van der Waals surface area (Å²) in [5.41, 5.74) is 0.677. The van der Waals surface area contributed by atoms with Crippen molar-refractivity contribution >= 4 is 11.6 Å².